The second-order valence-corrected chi connectivity index (χ2v) is 2.90. The molecular formula is C9H14N2O2. The van der Waals surface area contributed by atoms with Crippen molar-refractivity contribution in [3.8, 4) is 0 Å². The lowest BCUT2D eigenvalue weighted by atomic mass is 10.3. The van der Waals surface area contributed by atoms with Crippen molar-refractivity contribution in [2.45, 2.75) is 32.9 Å². The van der Waals surface area contributed by atoms with E-state index >= 15 is 0 Å². The molecule has 0 aliphatic rings. The molecule has 0 N–H and O–H groups in total. The van der Waals surface area contributed by atoms with Gasteiger partial charge in [0.2, 0.25) is 0 Å². The average molecular weight is 182 g/mol. The summed E-state index contributed by atoms with van der Waals surface area (Å²) in [5, 5.41) is 0. The highest BCUT2D eigenvalue weighted by Gasteiger charge is 2.09. The number of imidazole rings is 1. The summed E-state index contributed by atoms with van der Waals surface area (Å²) in [6.45, 7) is 4.09. The van der Waals surface area contributed by atoms with Gasteiger partial charge in [-0.3, -0.25) is 4.79 Å². The van der Waals surface area contributed by atoms with E-state index in [1.807, 2.05) is 17.7 Å². The molecule has 1 unspecified atom stereocenters. The van der Waals surface area contributed by atoms with Crippen LogP contribution in [0.1, 0.15) is 20.3 Å². The Morgan fingerprint density at radius 2 is 2.46 bits per heavy atom. The Bertz CT molecular complexity index is 257. The van der Waals surface area contributed by atoms with Gasteiger partial charge < -0.3 is 9.30 Å². The van der Waals surface area contributed by atoms with Crippen LogP contribution in [-0.4, -0.2) is 21.6 Å². The number of aromatic nitrogens is 2. The lowest BCUT2D eigenvalue weighted by molar-refractivity contribution is -0.147. The standard InChI is InChI=1S/C9H14N2O2/c1-3-9(13-8(2)12)6-11-5-4-10-7-11/h4-5,7,9H,3,6H2,1-2H3. The summed E-state index contributed by atoms with van der Waals surface area (Å²) in [6, 6.07) is 0. The molecule has 0 aromatic carbocycles. The van der Waals surface area contributed by atoms with E-state index in [4.69, 9.17) is 4.74 Å². The second-order valence-electron chi connectivity index (χ2n) is 2.90. The molecule has 1 aromatic rings. The molecule has 4 heteroatoms. The SMILES string of the molecule is CCC(Cn1ccnc1)OC(C)=O. The third kappa shape index (κ3) is 3.27. The lowest BCUT2D eigenvalue weighted by Gasteiger charge is -2.14. The Morgan fingerprint density at radius 1 is 1.69 bits per heavy atom. The van der Waals surface area contributed by atoms with Crippen molar-refractivity contribution in [2.75, 3.05) is 0 Å². The van der Waals surface area contributed by atoms with Crippen LogP contribution in [0.4, 0.5) is 0 Å². The van der Waals surface area contributed by atoms with Crippen molar-refractivity contribution >= 4 is 5.97 Å². The van der Waals surface area contributed by atoms with Crippen molar-refractivity contribution in [3.63, 3.8) is 0 Å². The molecular weight excluding hydrogens is 168 g/mol. The first-order chi connectivity index (χ1) is 6.22. The summed E-state index contributed by atoms with van der Waals surface area (Å²) >= 11 is 0. The summed E-state index contributed by atoms with van der Waals surface area (Å²) in [7, 11) is 0. The van der Waals surface area contributed by atoms with Crippen LogP contribution in [0.15, 0.2) is 18.7 Å². The van der Waals surface area contributed by atoms with Crippen LogP contribution < -0.4 is 0 Å². The Kier molecular flexibility index (Phi) is 3.49. The molecule has 13 heavy (non-hydrogen) atoms. The van der Waals surface area contributed by atoms with E-state index in [2.05, 4.69) is 4.98 Å². The van der Waals surface area contributed by atoms with Gasteiger partial charge >= 0.3 is 5.97 Å². The predicted molar refractivity (Wildman–Crippen MR) is 48.1 cm³/mol. The largest absolute Gasteiger partial charge is 0.461 e. The van der Waals surface area contributed by atoms with Crippen molar-refractivity contribution < 1.29 is 9.53 Å². The highest BCUT2D eigenvalue weighted by Crippen LogP contribution is 2.02. The molecule has 0 fully saturated rings. The molecule has 0 aliphatic heterocycles. The number of hydrogen-bond acceptors (Lipinski definition) is 3. The maximum Gasteiger partial charge on any atom is 0.302 e. The number of ether oxygens (including phenoxy) is 1. The molecule has 0 bridgehead atoms. The molecule has 0 saturated carbocycles. The molecule has 0 saturated heterocycles. The monoisotopic (exact) mass is 182 g/mol. The van der Waals surface area contributed by atoms with E-state index in [1.54, 1.807) is 12.5 Å². The number of carbonyl (C=O) groups excluding carboxylic acids is 1. The molecule has 0 radical (unpaired) electrons. The Balaban J connectivity index is 2.45. The predicted octanol–water partition coefficient (Wildman–Crippen LogP) is 1.22. The maximum atomic E-state index is 10.7. The molecule has 1 rings (SSSR count). The van der Waals surface area contributed by atoms with Crippen LogP contribution in [0.5, 0.6) is 0 Å². The minimum Gasteiger partial charge on any atom is -0.461 e. The molecule has 1 atom stereocenters. The van der Waals surface area contributed by atoms with Gasteiger partial charge in [-0.2, -0.15) is 0 Å². The summed E-state index contributed by atoms with van der Waals surface area (Å²) in [4.78, 5) is 14.6. The van der Waals surface area contributed by atoms with Crippen molar-refractivity contribution in [3.05, 3.63) is 18.7 Å². The zero-order chi connectivity index (χ0) is 9.68. The third-order valence-corrected chi connectivity index (χ3v) is 1.76. The van der Waals surface area contributed by atoms with Gasteiger partial charge in [0.15, 0.2) is 0 Å². The Labute approximate surface area is 77.5 Å². The Hall–Kier alpha value is -1.32. The molecule has 1 aromatic heterocycles. The molecule has 0 amide bonds. The van der Waals surface area contributed by atoms with Crippen LogP contribution in [0.25, 0.3) is 0 Å². The summed E-state index contributed by atoms with van der Waals surface area (Å²) in [5.41, 5.74) is 0. The highest BCUT2D eigenvalue weighted by atomic mass is 16.5. The number of rotatable bonds is 4. The zero-order valence-electron chi connectivity index (χ0n) is 7.93. The molecule has 4 nitrogen and oxygen atoms in total. The van der Waals surface area contributed by atoms with Crippen LogP contribution in [0, 0.1) is 0 Å². The van der Waals surface area contributed by atoms with E-state index in [-0.39, 0.29) is 12.1 Å². The van der Waals surface area contributed by atoms with Crippen LogP contribution in [-0.2, 0) is 16.1 Å². The quantitative estimate of drug-likeness (QED) is 0.658. The van der Waals surface area contributed by atoms with E-state index in [9.17, 15) is 4.79 Å². The maximum absolute atomic E-state index is 10.7. The number of nitrogens with zero attached hydrogens (tertiary/aromatic N) is 2. The van der Waals surface area contributed by atoms with Crippen LogP contribution >= 0.6 is 0 Å². The van der Waals surface area contributed by atoms with Gasteiger partial charge in [-0.25, -0.2) is 4.98 Å². The van der Waals surface area contributed by atoms with E-state index in [0.717, 1.165) is 6.42 Å². The minimum atomic E-state index is -0.230. The van der Waals surface area contributed by atoms with Gasteiger partial charge in [-0.15, -0.1) is 0 Å². The zero-order valence-corrected chi connectivity index (χ0v) is 7.93. The van der Waals surface area contributed by atoms with Gasteiger partial charge in [0.25, 0.3) is 0 Å². The summed E-state index contributed by atoms with van der Waals surface area (Å²) < 4.78 is 6.99. The second kappa shape index (κ2) is 4.64. The first-order valence-corrected chi connectivity index (χ1v) is 4.35. The number of carbonyl (C=O) groups is 1. The summed E-state index contributed by atoms with van der Waals surface area (Å²) in [5.74, 6) is -0.230. The molecule has 1 heterocycles. The first kappa shape index (κ1) is 9.77. The molecule has 0 spiro atoms. The van der Waals surface area contributed by atoms with E-state index in [1.165, 1.54) is 6.92 Å². The van der Waals surface area contributed by atoms with E-state index < -0.39 is 0 Å². The fourth-order valence-corrected chi connectivity index (χ4v) is 1.11. The van der Waals surface area contributed by atoms with Gasteiger partial charge in [0.05, 0.1) is 12.9 Å². The topological polar surface area (TPSA) is 44.1 Å². The minimum absolute atomic E-state index is 0.0494. The van der Waals surface area contributed by atoms with Gasteiger partial charge in [-0.1, -0.05) is 6.92 Å². The molecule has 72 valence electrons. The highest BCUT2D eigenvalue weighted by molar-refractivity contribution is 5.66. The number of esters is 1. The van der Waals surface area contributed by atoms with Crippen molar-refractivity contribution in [2.24, 2.45) is 0 Å². The van der Waals surface area contributed by atoms with Gasteiger partial charge in [-0.05, 0) is 6.42 Å². The fraction of sp³-hybridized carbons (Fsp3) is 0.556. The Morgan fingerprint density at radius 3 is 2.92 bits per heavy atom. The van der Waals surface area contributed by atoms with Crippen molar-refractivity contribution in [1.29, 1.82) is 0 Å². The van der Waals surface area contributed by atoms with Gasteiger partial charge in [0.1, 0.15) is 6.10 Å². The average Bonchev–Trinajstić information content (AvgIpc) is 2.55. The number of hydrogen-bond donors (Lipinski definition) is 0. The van der Waals surface area contributed by atoms with E-state index in [0.29, 0.717) is 6.54 Å². The smallest absolute Gasteiger partial charge is 0.302 e. The fourth-order valence-electron chi connectivity index (χ4n) is 1.11. The lowest BCUT2D eigenvalue weighted by Crippen LogP contribution is -2.20. The van der Waals surface area contributed by atoms with Crippen LogP contribution in [0.3, 0.4) is 0 Å². The van der Waals surface area contributed by atoms with Gasteiger partial charge in [0, 0.05) is 19.3 Å². The third-order valence-electron chi connectivity index (χ3n) is 1.76. The van der Waals surface area contributed by atoms with Crippen molar-refractivity contribution in [1.82, 2.24) is 9.55 Å². The first-order valence-electron chi connectivity index (χ1n) is 4.35. The normalized spacial score (nSPS) is 12.5. The van der Waals surface area contributed by atoms with Crippen LogP contribution in [0.2, 0.25) is 0 Å². The molecule has 0 aliphatic carbocycles. The summed E-state index contributed by atoms with van der Waals surface area (Å²) in [6.07, 6.45) is 6.04.